The molecule has 0 spiro atoms. The van der Waals surface area contributed by atoms with Gasteiger partial charge in [-0.3, -0.25) is 0 Å². The molecule has 0 bridgehead atoms. The molecule has 0 radical (unpaired) electrons. The number of phenolic OH excluding ortho intramolecular Hbond substituents is 1. The van der Waals surface area contributed by atoms with Crippen molar-refractivity contribution in [3.8, 4) is 11.5 Å². The Kier molecular flexibility index (Phi) is 6.56. The van der Waals surface area contributed by atoms with Gasteiger partial charge in [0, 0.05) is 22.7 Å². The summed E-state index contributed by atoms with van der Waals surface area (Å²) < 4.78 is 5.01. The molecule has 0 saturated heterocycles. The summed E-state index contributed by atoms with van der Waals surface area (Å²) in [6.45, 7) is 2.00. The molecule has 0 amide bonds. The number of aromatic hydroxyl groups is 1. The quantitative estimate of drug-likeness (QED) is 0.881. The third kappa shape index (κ3) is 3.74. The SMILES string of the molecule is CCC(N)Cc1cc(Cl)cc(OC)c1O.Cl. The smallest absolute Gasteiger partial charge is 0.162 e. The van der Waals surface area contributed by atoms with Crippen LogP contribution in [0, 0.1) is 0 Å². The Labute approximate surface area is 107 Å². The van der Waals surface area contributed by atoms with Crippen LogP contribution in [0.4, 0.5) is 0 Å². The third-order valence-electron chi connectivity index (χ3n) is 2.35. The number of methoxy groups -OCH3 is 1. The van der Waals surface area contributed by atoms with E-state index in [1.165, 1.54) is 7.11 Å². The average Bonchev–Trinajstić information content (AvgIpc) is 2.22. The molecule has 5 heteroatoms. The highest BCUT2D eigenvalue weighted by molar-refractivity contribution is 6.30. The van der Waals surface area contributed by atoms with Crippen molar-refractivity contribution in [3.63, 3.8) is 0 Å². The minimum atomic E-state index is 0. The molecule has 1 aromatic rings. The summed E-state index contributed by atoms with van der Waals surface area (Å²) in [5.74, 6) is 0.520. The Hall–Kier alpha value is -0.640. The summed E-state index contributed by atoms with van der Waals surface area (Å²) in [5, 5.41) is 10.4. The van der Waals surface area contributed by atoms with E-state index in [0.29, 0.717) is 17.2 Å². The summed E-state index contributed by atoms with van der Waals surface area (Å²) in [6, 6.07) is 3.33. The average molecular weight is 266 g/mol. The number of halogens is 2. The first-order chi connectivity index (χ1) is 7.08. The molecule has 0 aliphatic carbocycles. The molecule has 1 atom stereocenters. The van der Waals surface area contributed by atoms with E-state index in [1.807, 2.05) is 6.92 Å². The standard InChI is InChI=1S/C11H16ClNO2.ClH/c1-3-9(13)5-7-4-8(12)6-10(15-2)11(7)14;/h4,6,9,14H,3,5,13H2,1-2H3;1H. The first-order valence-corrected chi connectivity index (χ1v) is 5.27. The Morgan fingerprint density at radius 2 is 2.12 bits per heavy atom. The van der Waals surface area contributed by atoms with Crippen molar-refractivity contribution in [1.82, 2.24) is 0 Å². The fourth-order valence-electron chi connectivity index (χ4n) is 1.37. The van der Waals surface area contributed by atoms with Crippen LogP contribution in [0.5, 0.6) is 11.5 Å². The van der Waals surface area contributed by atoms with E-state index in [-0.39, 0.29) is 24.2 Å². The van der Waals surface area contributed by atoms with Gasteiger partial charge in [0.2, 0.25) is 0 Å². The van der Waals surface area contributed by atoms with Gasteiger partial charge < -0.3 is 15.6 Å². The Morgan fingerprint density at radius 3 is 2.62 bits per heavy atom. The molecule has 1 aromatic carbocycles. The predicted octanol–water partition coefficient (Wildman–Crippen LogP) is 2.76. The lowest BCUT2D eigenvalue weighted by atomic mass is 10.0. The second-order valence-corrected chi connectivity index (χ2v) is 3.92. The van der Waals surface area contributed by atoms with E-state index < -0.39 is 0 Å². The number of hydrogen-bond donors (Lipinski definition) is 2. The highest BCUT2D eigenvalue weighted by atomic mass is 35.5. The molecule has 3 nitrogen and oxygen atoms in total. The number of hydrogen-bond acceptors (Lipinski definition) is 3. The van der Waals surface area contributed by atoms with E-state index in [0.717, 1.165) is 12.0 Å². The molecule has 0 aliphatic rings. The number of rotatable bonds is 4. The maximum Gasteiger partial charge on any atom is 0.162 e. The first-order valence-electron chi connectivity index (χ1n) is 4.89. The molecule has 3 N–H and O–H groups in total. The Morgan fingerprint density at radius 1 is 1.50 bits per heavy atom. The lowest BCUT2D eigenvalue weighted by Crippen LogP contribution is -2.21. The van der Waals surface area contributed by atoms with E-state index in [4.69, 9.17) is 22.1 Å². The largest absolute Gasteiger partial charge is 0.504 e. The van der Waals surface area contributed by atoms with Crippen molar-refractivity contribution in [3.05, 3.63) is 22.7 Å². The molecular formula is C11H17Cl2NO2. The Balaban J connectivity index is 0.00000225. The van der Waals surface area contributed by atoms with Gasteiger partial charge in [-0.2, -0.15) is 0 Å². The zero-order valence-electron chi connectivity index (χ0n) is 9.37. The zero-order valence-corrected chi connectivity index (χ0v) is 10.9. The minimum absolute atomic E-state index is 0. The van der Waals surface area contributed by atoms with Gasteiger partial charge in [0.15, 0.2) is 11.5 Å². The van der Waals surface area contributed by atoms with E-state index in [1.54, 1.807) is 12.1 Å². The number of nitrogens with two attached hydrogens (primary N) is 1. The lowest BCUT2D eigenvalue weighted by Gasteiger charge is -2.13. The zero-order chi connectivity index (χ0) is 11.4. The number of ether oxygens (including phenoxy) is 1. The van der Waals surface area contributed by atoms with Gasteiger partial charge in [-0.25, -0.2) is 0 Å². The molecule has 0 fully saturated rings. The van der Waals surface area contributed by atoms with Gasteiger partial charge in [-0.1, -0.05) is 18.5 Å². The van der Waals surface area contributed by atoms with Crippen molar-refractivity contribution in [2.75, 3.05) is 7.11 Å². The van der Waals surface area contributed by atoms with Crippen LogP contribution in [0.25, 0.3) is 0 Å². The van der Waals surface area contributed by atoms with Gasteiger partial charge in [-0.05, 0) is 18.9 Å². The summed E-state index contributed by atoms with van der Waals surface area (Å²) in [6.07, 6.45) is 1.45. The molecule has 1 rings (SSSR count). The molecule has 0 aromatic heterocycles. The summed E-state index contributed by atoms with van der Waals surface area (Å²) in [5.41, 5.74) is 6.55. The highest BCUT2D eigenvalue weighted by Gasteiger charge is 2.12. The normalized spacial score (nSPS) is 11.8. The maximum atomic E-state index is 9.82. The monoisotopic (exact) mass is 265 g/mol. The second kappa shape index (κ2) is 6.84. The number of phenols is 1. The van der Waals surface area contributed by atoms with Crippen molar-refractivity contribution in [2.45, 2.75) is 25.8 Å². The highest BCUT2D eigenvalue weighted by Crippen LogP contribution is 2.34. The van der Waals surface area contributed by atoms with Crippen LogP contribution >= 0.6 is 24.0 Å². The van der Waals surface area contributed by atoms with Crippen molar-refractivity contribution in [1.29, 1.82) is 0 Å². The minimum Gasteiger partial charge on any atom is -0.504 e. The van der Waals surface area contributed by atoms with Gasteiger partial charge >= 0.3 is 0 Å². The van der Waals surface area contributed by atoms with E-state index in [2.05, 4.69) is 0 Å². The second-order valence-electron chi connectivity index (χ2n) is 3.49. The van der Waals surface area contributed by atoms with Crippen LogP contribution in [0.15, 0.2) is 12.1 Å². The molecule has 92 valence electrons. The van der Waals surface area contributed by atoms with Crippen LogP contribution in [-0.2, 0) is 6.42 Å². The molecule has 1 unspecified atom stereocenters. The van der Waals surface area contributed by atoms with Crippen LogP contribution in [0.3, 0.4) is 0 Å². The van der Waals surface area contributed by atoms with Crippen molar-refractivity contribution < 1.29 is 9.84 Å². The molecule has 0 heterocycles. The van der Waals surface area contributed by atoms with Crippen molar-refractivity contribution >= 4 is 24.0 Å². The molecule has 16 heavy (non-hydrogen) atoms. The molecule has 0 aliphatic heterocycles. The maximum absolute atomic E-state index is 9.82. The fraction of sp³-hybridized carbons (Fsp3) is 0.455. The van der Waals surface area contributed by atoms with Crippen LogP contribution < -0.4 is 10.5 Å². The van der Waals surface area contributed by atoms with Gasteiger partial charge in [-0.15, -0.1) is 12.4 Å². The fourth-order valence-corrected chi connectivity index (χ4v) is 1.60. The third-order valence-corrected chi connectivity index (χ3v) is 2.56. The van der Waals surface area contributed by atoms with Gasteiger partial charge in [0.25, 0.3) is 0 Å². The summed E-state index contributed by atoms with van der Waals surface area (Å²) in [4.78, 5) is 0. The van der Waals surface area contributed by atoms with E-state index in [9.17, 15) is 5.11 Å². The van der Waals surface area contributed by atoms with Gasteiger partial charge in [0.1, 0.15) is 0 Å². The van der Waals surface area contributed by atoms with Crippen LogP contribution in [0.1, 0.15) is 18.9 Å². The topological polar surface area (TPSA) is 55.5 Å². The number of benzene rings is 1. The predicted molar refractivity (Wildman–Crippen MR) is 68.9 cm³/mol. The van der Waals surface area contributed by atoms with Gasteiger partial charge in [0.05, 0.1) is 7.11 Å². The first kappa shape index (κ1) is 15.4. The lowest BCUT2D eigenvalue weighted by molar-refractivity contribution is 0.369. The van der Waals surface area contributed by atoms with Crippen molar-refractivity contribution in [2.24, 2.45) is 5.73 Å². The summed E-state index contributed by atoms with van der Waals surface area (Å²) in [7, 11) is 1.49. The molecule has 0 saturated carbocycles. The Bertz CT molecular complexity index is 345. The van der Waals surface area contributed by atoms with Crippen LogP contribution in [-0.4, -0.2) is 18.3 Å². The molecular weight excluding hydrogens is 249 g/mol. The summed E-state index contributed by atoms with van der Waals surface area (Å²) >= 11 is 5.90. The van der Waals surface area contributed by atoms with E-state index >= 15 is 0 Å². The van der Waals surface area contributed by atoms with Crippen LogP contribution in [0.2, 0.25) is 5.02 Å².